The Bertz CT molecular complexity index is 1080. The number of Topliss-reactive ketones (excluding diaryl/α,β-unsaturated/α-hetero) is 1. The number of furan rings is 1. The smallest absolute Gasteiger partial charge is 0.163 e. The van der Waals surface area contributed by atoms with E-state index in [2.05, 4.69) is 36.9 Å². The van der Waals surface area contributed by atoms with E-state index in [9.17, 15) is 4.79 Å². The summed E-state index contributed by atoms with van der Waals surface area (Å²) in [5.41, 5.74) is 6.17. The van der Waals surface area contributed by atoms with Gasteiger partial charge in [0.1, 0.15) is 17.3 Å². The average Bonchev–Trinajstić information content (AvgIpc) is 3.11. The van der Waals surface area contributed by atoms with Crippen molar-refractivity contribution in [3.8, 4) is 5.75 Å². The molecule has 3 rings (SSSR count). The van der Waals surface area contributed by atoms with Gasteiger partial charge in [-0.05, 0) is 73.4 Å². The van der Waals surface area contributed by atoms with Crippen LogP contribution in [0.3, 0.4) is 0 Å². The Labute approximate surface area is 172 Å². The number of hydrogen-bond acceptors (Lipinski definition) is 3. The number of aryl methyl sites for hydroxylation is 1. The predicted octanol–water partition coefficient (Wildman–Crippen LogP) is 7.23. The van der Waals surface area contributed by atoms with Crippen molar-refractivity contribution in [2.45, 2.75) is 46.5 Å². The normalized spacial score (nSPS) is 10.6. The van der Waals surface area contributed by atoms with Crippen LogP contribution in [0.5, 0.6) is 5.75 Å². The quantitative estimate of drug-likeness (QED) is 0.232. The molecule has 1 aromatic heterocycles. The summed E-state index contributed by atoms with van der Waals surface area (Å²) in [6.45, 7) is 5.60. The van der Waals surface area contributed by atoms with Crippen molar-refractivity contribution in [3.63, 3.8) is 0 Å². The third kappa shape index (κ3) is 5.07. The van der Waals surface area contributed by atoms with Gasteiger partial charge in [0.25, 0.3) is 0 Å². The standard InChI is InChI=1S/C26H28O3/c1-5-6-7-8-21(26-17-25(18(2)27)19(3)29-26)11-9-20-10-12-23-16-24(28-4)14-13-22(23)15-20/h9-10,12-17H,5-8H2,1-4H3. The van der Waals surface area contributed by atoms with Gasteiger partial charge in [0, 0.05) is 5.57 Å². The zero-order valence-corrected chi connectivity index (χ0v) is 17.7. The molecule has 0 saturated carbocycles. The van der Waals surface area contributed by atoms with Crippen LogP contribution in [0.25, 0.3) is 22.4 Å². The maximum atomic E-state index is 11.8. The fourth-order valence-corrected chi connectivity index (χ4v) is 3.43. The van der Waals surface area contributed by atoms with Crippen molar-refractivity contribution >= 4 is 28.2 Å². The topological polar surface area (TPSA) is 39.4 Å². The van der Waals surface area contributed by atoms with Crippen molar-refractivity contribution in [1.29, 1.82) is 0 Å². The van der Waals surface area contributed by atoms with Crippen LogP contribution in [0.2, 0.25) is 0 Å². The van der Waals surface area contributed by atoms with Gasteiger partial charge in [-0.25, -0.2) is 0 Å². The lowest BCUT2D eigenvalue weighted by Crippen LogP contribution is -1.90. The molecule has 29 heavy (non-hydrogen) atoms. The highest BCUT2D eigenvalue weighted by Gasteiger charge is 2.14. The van der Waals surface area contributed by atoms with Crippen molar-refractivity contribution in [3.05, 3.63) is 70.8 Å². The van der Waals surface area contributed by atoms with Gasteiger partial charge in [-0.1, -0.05) is 38.0 Å². The van der Waals surface area contributed by atoms with E-state index in [0.717, 1.165) is 59.1 Å². The van der Waals surface area contributed by atoms with Gasteiger partial charge in [-0.2, -0.15) is 0 Å². The third-order valence-electron chi connectivity index (χ3n) is 5.11. The highest BCUT2D eigenvalue weighted by atomic mass is 16.5. The molecule has 0 aliphatic carbocycles. The van der Waals surface area contributed by atoms with E-state index in [-0.39, 0.29) is 5.78 Å². The van der Waals surface area contributed by atoms with Crippen LogP contribution >= 0.6 is 0 Å². The van der Waals surface area contributed by atoms with E-state index in [0.29, 0.717) is 11.3 Å². The zero-order valence-electron chi connectivity index (χ0n) is 17.7. The minimum atomic E-state index is 0.0272. The van der Waals surface area contributed by atoms with Gasteiger partial charge in [0.2, 0.25) is 0 Å². The summed E-state index contributed by atoms with van der Waals surface area (Å²) in [6, 6.07) is 14.2. The molecule has 150 valence electrons. The first kappa shape index (κ1) is 20.7. The number of rotatable bonds is 8. The van der Waals surface area contributed by atoms with Crippen LogP contribution < -0.4 is 4.74 Å². The molecular formula is C26H28O3. The molecule has 0 aliphatic heterocycles. The summed E-state index contributed by atoms with van der Waals surface area (Å²) >= 11 is 0. The number of ketones is 1. The molecular weight excluding hydrogens is 360 g/mol. The minimum Gasteiger partial charge on any atom is -0.497 e. The number of fused-ring (bicyclic) bond motifs is 1. The fourth-order valence-electron chi connectivity index (χ4n) is 3.43. The summed E-state index contributed by atoms with van der Waals surface area (Å²) < 4.78 is 11.2. The molecule has 0 aliphatic rings. The Morgan fingerprint density at radius 3 is 2.55 bits per heavy atom. The van der Waals surface area contributed by atoms with Gasteiger partial charge in [0.05, 0.1) is 12.7 Å². The lowest BCUT2D eigenvalue weighted by atomic mass is 10.0. The number of carbonyl (C=O) groups is 1. The van der Waals surface area contributed by atoms with Gasteiger partial charge in [-0.15, -0.1) is 5.73 Å². The lowest BCUT2D eigenvalue weighted by molar-refractivity contribution is 0.101. The maximum absolute atomic E-state index is 11.8. The number of hydrogen-bond donors (Lipinski definition) is 0. The molecule has 0 bridgehead atoms. The van der Waals surface area contributed by atoms with Crippen LogP contribution in [0, 0.1) is 6.92 Å². The molecule has 2 aromatic carbocycles. The molecule has 0 amide bonds. The van der Waals surface area contributed by atoms with E-state index < -0.39 is 0 Å². The monoisotopic (exact) mass is 388 g/mol. The fraction of sp³-hybridized carbons (Fsp3) is 0.308. The summed E-state index contributed by atoms with van der Waals surface area (Å²) in [5.74, 6) is 2.29. The molecule has 0 atom stereocenters. The second-order valence-electron chi connectivity index (χ2n) is 7.33. The molecule has 0 unspecified atom stereocenters. The number of carbonyl (C=O) groups excluding carboxylic acids is 1. The molecule has 3 aromatic rings. The van der Waals surface area contributed by atoms with Gasteiger partial charge in [0.15, 0.2) is 5.78 Å². The first-order valence-electron chi connectivity index (χ1n) is 10.2. The molecule has 0 saturated heterocycles. The molecule has 0 N–H and O–H groups in total. The third-order valence-corrected chi connectivity index (χ3v) is 5.11. The molecule has 3 nitrogen and oxygen atoms in total. The largest absolute Gasteiger partial charge is 0.497 e. The second kappa shape index (κ2) is 9.45. The summed E-state index contributed by atoms with van der Waals surface area (Å²) in [5, 5.41) is 2.29. The van der Waals surface area contributed by atoms with E-state index in [1.807, 2.05) is 31.2 Å². The Kier molecular flexibility index (Phi) is 6.74. The number of unbranched alkanes of at least 4 members (excludes halogenated alkanes) is 2. The van der Waals surface area contributed by atoms with Crippen molar-refractivity contribution in [1.82, 2.24) is 0 Å². The van der Waals surface area contributed by atoms with Crippen LogP contribution in [0.4, 0.5) is 0 Å². The van der Waals surface area contributed by atoms with Crippen molar-refractivity contribution in [2.24, 2.45) is 0 Å². The number of ether oxygens (including phenoxy) is 1. The minimum absolute atomic E-state index is 0.0272. The van der Waals surface area contributed by atoms with Crippen LogP contribution in [0.15, 0.2) is 52.6 Å². The van der Waals surface area contributed by atoms with Crippen molar-refractivity contribution < 1.29 is 13.9 Å². The first-order valence-corrected chi connectivity index (χ1v) is 10.2. The van der Waals surface area contributed by atoms with E-state index >= 15 is 0 Å². The number of benzene rings is 2. The molecule has 3 heteroatoms. The van der Waals surface area contributed by atoms with E-state index in [1.165, 1.54) is 0 Å². The van der Waals surface area contributed by atoms with Crippen LogP contribution in [0.1, 0.15) is 67.0 Å². The van der Waals surface area contributed by atoms with Gasteiger partial charge in [-0.3, -0.25) is 4.79 Å². The van der Waals surface area contributed by atoms with Crippen LogP contribution in [-0.2, 0) is 0 Å². The van der Waals surface area contributed by atoms with Gasteiger partial charge >= 0.3 is 0 Å². The number of allylic oxidation sites excluding steroid dienone is 1. The lowest BCUT2D eigenvalue weighted by Gasteiger charge is -2.03. The Balaban J connectivity index is 1.97. The number of methoxy groups -OCH3 is 1. The predicted molar refractivity (Wildman–Crippen MR) is 119 cm³/mol. The summed E-state index contributed by atoms with van der Waals surface area (Å²) in [4.78, 5) is 11.8. The van der Waals surface area contributed by atoms with E-state index in [4.69, 9.17) is 9.15 Å². The molecule has 0 spiro atoms. The highest BCUT2D eigenvalue weighted by molar-refractivity contribution is 5.95. The second-order valence-corrected chi connectivity index (χ2v) is 7.33. The Morgan fingerprint density at radius 2 is 1.86 bits per heavy atom. The Morgan fingerprint density at radius 1 is 1.10 bits per heavy atom. The molecule has 0 fully saturated rings. The van der Waals surface area contributed by atoms with Gasteiger partial charge < -0.3 is 9.15 Å². The first-order chi connectivity index (χ1) is 14.0. The maximum Gasteiger partial charge on any atom is 0.163 e. The van der Waals surface area contributed by atoms with Crippen LogP contribution in [-0.4, -0.2) is 12.9 Å². The Hall–Kier alpha value is -3.03. The SMILES string of the molecule is CCCCCC(=C=Cc1ccc2cc(OC)ccc2c1)c1cc(C(C)=O)c(C)o1. The average molecular weight is 389 g/mol. The van der Waals surface area contributed by atoms with E-state index in [1.54, 1.807) is 14.0 Å². The molecule has 0 radical (unpaired) electrons. The zero-order chi connectivity index (χ0) is 20.8. The highest BCUT2D eigenvalue weighted by Crippen LogP contribution is 2.27. The molecule has 1 heterocycles. The van der Waals surface area contributed by atoms with Crippen molar-refractivity contribution in [2.75, 3.05) is 7.11 Å². The summed E-state index contributed by atoms with van der Waals surface area (Å²) in [7, 11) is 1.68. The summed E-state index contributed by atoms with van der Waals surface area (Å²) in [6.07, 6.45) is 6.25.